The number of imidazole rings is 1. The Labute approximate surface area is 137 Å². The fourth-order valence-corrected chi connectivity index (χ4v) is 3.16. The first-order valence-corrected chi connectivity index (χ1v) is 8.31. The van der Waals surface area contributed by atoms with Crippen molar-refractivity contribution in [3.05, 3.63) is 48.0 Å². The molecule has 3 rings (SSSR count). The predicted molar refractivity (Wildman–Crippen MR) is 91.6 cm³/mol. The third-order valence-electron chi connectivity index (χ3n) is 4.46. The molecular formula is C18H24N4O. The van der Waals surface area contributed by atoms with Crippen LogP contribution in [0, 0.1) is 6.92 Å². The zero-order valence-corrected chi connectivity index (χ0v) is 13.8. The van der Waals surface area contributed by atoms with Gasteiger partial charge in [-0.1, -0.05) is 17.7 Å². The number of benzene rings is 1. The van der Waals surface area contributed by atoms with Crippen molar-refractivity contribution in [2.24, 2.45) is 0 Å². The standard InChI is InChI=1S/C18H24N4O/c1-3-21-12-10-19-17(21)15-5-4-11-22(13-15)18(23)20-16-8-6-14(2)7-9-16/h6-10,12,15H,3-5,11,13H2,1-2H3,(H,20,23). The molecule has 1 fully saturated rings. The lowest BCUT2D eigenvalue weighted by Crippen LogP contribution is -2.42. The van der Waals surface area contributed by atoms with E-state index in [1.807, 2.05) is 48.5 Å². The van der Waals surface area contributed by atoms with Gasteiger partial charge in [-0.3, -0.25) is 0 Å². The maximum atomic E-state index is 12.5. The van der Waals surface area contributed by atoms with Gasteiger partial charge in [0.2, 0.25) is 0 Å². The maximum absolute atomic E-state index is 12.5. The van der Waals surface area contributed by atoms with E-state index in [1.165, 1.54) is 5.56 Å². The second kappa shape index (κ2) is 6.86. The maximum Gasteiger partial charge on any atom is 0.321 e. The van der Waals surface area contributed by atoms with Gasteiger partial charge in [0, 0.05) is 43.6 Å². The van der Waals surface area contributed by atoms with Gasteiger partial charge in [0.25, 0.3) is 0 Å². The highest BCUT2D eigenvalue weighted by atomic mass is 16.2. The van der Waals surface area contributed by atoms with E-state index in [2.05, 4.69) is 21.8 Å². The molecule has 2 amide bonds. The number of piperidine rings is 1. The Hall–Kier alpha value is -2.30. The summed E-state index contributed by atoms with van der Waals surface area (Å²) in [5, 5.41) is 2.99. The average Bonchev–Trinajstić information content (AvgIpc) is 3.06. The van der Waals surface area contributed by atoms with Crippen molar-refractivity contribution in [1.29, 1.82) is 0 Å². The molecule has 23 heavy (non-hydrogen) atoms. The first-order valence-electron chi connectivity index (χ1n) is 8.31. The van der Waals surface area contributed by atoms with Crippen molar-refractivity contribution >= 4 is 11.7 Å². The topological polar surface area (TPSA) is 50.2 Å². The third-order valence-corrected chi connectivity index (χ3v) is 4.46. The van der Waals surface area contributed by atoms with E-state index in [9.17, 15) is 4.79 Å². The average molecular weight is 312 g/mol. The summed E-state index contributed by atoms with van der Waals surface area (Å²) >= 11 is 0. The molecule has 2 heterocycles. The van der Waals surface area contributed by atoms with E-state index in [0.717, 1.165) is 44.0 Å². The number of anilines is 1. The molecule has 5 nitrogen and oxygen atoms in total. The number of amides is 2. The smallest absolute Gasteiger partial charge is 0.321 e. The predicted octanol–water partition coefficient (Wildman–Crippen LogP) is 3.62. The molecule has 0 spiro atoms. The molecule has 1 atom stereocenters. The van der Waals surface area contributed by atoms with Crippen LogP contribution < -0.4 is 5.32 Å². The minimum absolute atomic E-state index is 0.0202. The van der Waals surface area contributed by atoms with Crippen LogP contribution in [0.3, 0.4) is 0 Å². The van der Waals surface area contributed by atoms with Gasteiger partial charge < -0.3 is 14.8 Å². The van der Waals surface area contributed by atoms with Crippen LogP contribution in [0.4, 0.5) is 10.5 Å². The molecular weight excluding hydrogens is 288 g/mol. The van der Waals surface area contributed by atoms with E-state index < -0.39 is 0 Å². The third kappa shape index (κ3) is 3.55. The lowest BCUT2D eigenvalue weighted by molar-refractivity contribution is 0.190. The van der Waals surface area contributed by atoms with Crippen LogP contribution in [0.2, 0.25) is 0 Å². The second-order valence-corrected chi connectivity index (χ2v) is 6.15. The molecule has 1 aliphatic heterocycles. The van der Waals surface area contributed by atoms with Gasteiger partial charge in [-0.15, -0.1) is 0 Å². The minimum atomic E-state index is -0.0202. The van der Waals surface area contributed by atoms with Crippen LogP contribution in [0.25, 0.3) is 0 Å². The van der Waals surface area contributed by atoms with Crippen LogP contribution in [0.1, 0.15) is 37.1 Å². The van der Waals surface area contributed by atoms with Gasteiger partial charge in [0.05, 0.1) is 0 Å². The van der Waals surface area contributed by atoms with Gasteiger partial charge in [-0.05, 0) is 38.8 Å². The molecule has 1 unspecified atom stereocenters. The van der Waals surface area contributed by atoms with Gasteiger partial charge in [-0.25, -0.2) is 9.78 Å². The van der Waals surface area contributed by atoms with Crippen molar-refractivity contribution in [3.8, 4) is 0 Å². The van der Waals surface area contributed by atoms with E-state index in [0.29, 0.717) is 5.92 Å². The van der Waals surface area contributed by atoms with Crippen LogP contribution >= 0.6 is 0 Å². The Morgan fingerprint density at radius 1 is 1.35 bits per heavy atom. The molecule has 0 saturated carbocycles. The largest absolute Gasteiger partial charge is 0.335 e. The van der Waals surface area contributed by atoms with Gasteiger partial charge in [0.15, 0.2) is 0 Å². The number of aryl methyl sites for hydroxylation is 2. The van der Waals surface area contributed by atoms with Crippen molar-refractivity contribution in [2.75, 3.05) is 18.4 Å². The van der Waals surface area contributed by atoms with Crippen molar-refractivity contribution in [3.63, 3.8) is 0 Å². The monoisotopic (exact) mass is 312 g/mol. The van der Waals surface area contributed by atoms with Gasteiger partial charge in [-0.2, -0.15) is 0 Å². The molecule has 122 valence electrons. The number of nitrogens with zero attached hydrogens (tertiary/aromatic N) is 3. The molecule has 5 heteroatoms. The number of hydrogen-bond donors (Lipinski definition) is 1. The van der Waals surface area contributed by atoms with Crippen LogP contribution in [-0.2, 0) is 6.54 Å². The summed E-state index contributed by atoms with van der Waals surface area (Å²) in [5.74, 6) is 1.42. The van der Waals surface area contributed by atoms with Crippen LogP contribution in [0.5, 0.6) is 0 Å². The van der Waals surface area contributed by atoms with E-state index in [4.69, 9.17) is 0 Å². The number of nitrogens with one attached hydrogen (secondary N) is 1. The number of carbonyl (C=O) groups is 1. The van der Waals surface area contributed by atoms with E-state index in [1.54, 1.807) is 0 Å². The molecule has 1 aliphatic rings. The van der Waals surface area contributed by atoms with Crippen LogP contribution in [0.15, 0.2) is 36.7 Å². The SMILES string of the molecule is CCn1ccnc1C1CCCN(C(=O)Nc2ccc(C)cc2)C1. The van der Waals surface area contributed by atoms with Crippen molar-refractivity contribution in [2.45, 2.75) is 39.2 Å². The number of carbonyl (C=O) groups excluding carboxylic acids is 1. The number of rotatable bonds is 3. The van der Waals surface area contributed by atoms with Crippen molar-refractivity contribution < 1.29 is 4.79 Å². The molecule has 0 aliphatic carbocycles. The highest BCUT2D eigenvalue weighted by Crippen LogP contribution is 2.26. The highest BCUT2D eigenvalue weighted by molar-refractivity contribution is 5.89. The number of hydrogen-bond acceptors (Lipinski definition) is 2. The quantitative estimate of drug-likeness (QED) is 0.941. The van der Waals surface area contributed by atoms with Crippen LogP contribution in [-0.4, -0.2) is 33.6 Å². The van der Waals surface area contributed by atoms with Gasteiger partial charge >= 0.3 is 6.03 Å². The van der Waals surface area contributed by atoms with E-state index in [-0.39, 0.29) is 6.03 Å². The van der Waals surface area contributed by atoms with E-state index >= 15 is 0 Å². The Kier molecular flexibility index (Phi) is 4.65. The fraction of sp³-hybridized carbons (Fsp3) is 0.444. The lowest BCUT2D eigenvalue weighted by Gasteiger charge is -2.32. The summed E-state index contributed by atoms with van der Waals surface area (Å²) in [5.41, 5.74) is 2.03. The molecule has 1 aromatic carbocycles. The summed E-state index contributed by atoms with van der Waals surface area (Å²) < 4.78 is 2.17. The minimum Gasteiger partial charge on any atom is -0.335 e. The Morgan fingerprint density at radius 2 is 2.13 bits per heavy atom. The molecule has 1 aromatic heterocycles. The molecule has 1 N–H and O–H groups in total. The first-order chi connectivity index (χ1) is 11.2. The zero-order chi connectivity index (χ0) is 16.2. The second-order valence-electron chi connectivity index (χ2n) is 6.15. The Balaban J connectivity index is 1.66. The summed E-state index contributed by atoms with van der Waals surface area (Å²) in [7, 11) is 0. The Morgan fingerprint density at radius 3 is 2.87 bits per heavy atom. The highest BCUT2D eigenvalue weighted by Gasteiger charge is 2.27. The number of urea groups is 1. The molecule has 2 aromatic rings. The lowest BCUT2D eigenvalue weighted by atomic mass is 9.97. The fourth-order valence-electron chi connectivity index (χ4n) is 3.16. The number of likely N-dealkylation sites (tertiary alicyclic amines) is 1. The normalized spacial score (nSPS) is 18.0. The number of aromatic nitrogens is 2. The first kappa shape index (κ1) is 15.6. The summed E-state index contributed by atoms with van der Waals surface area (Å²) in [6.45, 7) is 6.61. The molecule has 1 saturated heterocycles. The Bertz CT molecular complexity index is 662. The molecule has 0 radical (unpaired) electrons. The van der Waals surface area contributed by atoms with Crippen molar-refractivity contribution in [1.82, 2.24) is 14.5 Å². The molecule has 0 bridgehead atoms. The summed E-state index contributed by atoms with van der Waals surface area (Å²) in [6.07, 6.45) is 5.97. The van der Waals surface area contributed by atoms with Gasteiger partial charge in [0.1, 0.15) is 5.82 Å². The summed E-state index contributed by atoms with van der Waals surface area (Å²) in [4.78, 5) is 18.9. The summed E-state index contributed by atoms with van der Waals surface area (Å²) in [6, 6.07) is 7.88. The zero-order valence-electron chi connectivity index (χ0n) is 13.8.